The van der Waals surface area contributed by atoms with E-state index in [1.54, 1.807) is 12.4 Å². The molecule has 0 bridgehead atoms. The highest BCUT2D eigenvalue weighted by atomic mass is 16.6. The Morgan fingerprint density at radius 1 is 1.26 bits per heavy atom. The molecule has 19 heavy (non-hydrogen) atoms. The van der Waals surface area contributed by atoms with Gasteiger partial charge >= 0.3 is 0 Å². The number of imidazole rings is 1. The Kier molecular flexibility index (Phi) is 2.83. The summed E-state index contributed by atoms with van der Waals surface area (Å²) in [5.74, 6) is 0. The number of likely N-dealkylation sites (N-methyl/N-ethyl adjacent to an activating group) is 1. The number of hydrogen-bond donors (Lipinski definition) is 0. The second-order valence-electron chi connectivity index (χ2n) is 4.75. The predicted octanol–water partition coefficient (Wildman–Crippen LogP) is 0.828. The molecule has 1 aromatic heterocycles. The van der Waals surface area contributed by atoms with Gasteiger partial charge in [0.05, 0.1) is 10.4 Å². The van der Waals surface area contributed by atoms with Crippen LogP contribution in [0.15, 0.2) is 24.5 Å². The quantitative estimate of drug-likeness (QED) is 0.591. The van der Waals surface area contributed by atoms with Crippen LogP contribution in [0.4, 0.5) is 5.69 Å². The van der Waals surface area contributed by atoms with E-state index < -0.39 is 0 Å². The SMILES string of the molecule is CN1CCN(n2cnc3c([N+](=O)[O-])cccc32)CC1. The van der Waals surface area contributed by atoms with Gasteiger partial charge in [0.25, 0.3) is 5.69 Å². The van der Waals surface area contributed by atoms with E-state index in [0.717, 1.165) is 31.7 Å². The average molecular weight is 261 g/mol. The largest absolute Gasteiger partial charge is 0.309 e. The number of nitrogens with zero attached hydrogens (tertiary/aromatic N) is 5. The van der Waals surface area contributed by atoms with E-state index in [1.807, 2.05) is 10.7 Å². The zero-order chi connectivity index (χ0) is 13.4. The third-order valence-corrected chi connectivity index (χ3v) is 3.52. The lowest BCUT2D eigenvalue weighted by molar-refractivity contribution is -0.383. The molecule has 1 aliphatic heterocycles. The van der Waals surface area contributed by atoms with E-state index in [1.165, 1.54) is 6.07 Å². The molecule has 100 valence electrons. The average Bonchev–Trinajstić information content (AvgIpc) is 2.83. The first kappa shape index (κ1) is 11.9. The number of para-hydroxylation sites is 1. The first-order valence-electron chi connectivity index (χ1n) is 6.21. The first-order valence-corrected chi connectivity index (χ1v) is 6.21. The maximum Gasteiger partial charge on any atom is 0.297 e. The van der Waals surface area contributed by atoms with Gasteiger partial charge in [0.15, 0.2) is 5.52 Å². The van der Waals surface area contributed by atoms with Gasteiger partial charge in [-0.3, -0.25) is 10.1 Å². The fourth-order valence-electron chi connectivity index (χ4n) is 2.40. The lowest BCUT2D eigenvalue weighted by Gasteiger charge is -2.34. The van der Waals surface area contributed by atoms with E-state index in [0.29, 0.717) is 5.52 Å². The molecule has 0 amide bonds. The van der Waals surface area contributed by atoms with Gasteiger partial charge in [0, 0.05) is 32.2 Å². The van der Waals surface area contributed by atoms with Crippen LogP contribution in [0.25, 0.3) is 11.0 Å². The smallest absolute Gasteiger partial charge is 0.297 e. The maximum atomic E-state index is 11.0. The van der Waals surface area contributed by atoms with Gasteiger partial charge in [-0.2, -0.15) is 0 Å². The van der Waals surface area contributed by atoms with Crippen LogP contribution in [0, 0.1) is 10.1 Å². The summed E-state index contributed by atoms with van der Waals surface area (Å²) in [6.07, 6.45) is 1.67. The fraction of sp³-hybridized carbons (Fsp3) is 0.417. The highest BCUT2D eigenvalue weighted by molar-refractivity contribution is 5.84. The van der Waals surface area contributed by atoms with Crippen molar-refractivity contribution < 1.29 is 4.92 Å². The summed E-state index contributed by atoms with van der Waals surface area (Å²) in [6, 6.07) is 5.06. The van der Waals surface area contributed by atoms with Crippen LogP contribution < -0.4 is 5.01 Å². The lowest BCUT2D eigenvalue weighted by atomic mass is 10.3. The summed E-state index contributed by atoms with van der Waals surface area (Å²) in [6.45, 7) is 3.75. The van der Waals surface area contributed by atoms with E-state index in [-0.39, 0.29) is 10.6 Å². The molecule has 0 atom stereocenters. The van der Waals surface area contributed by atoms with Gasteiger partial charge in [-0.25, -0.2) is 9.66 Å². The van der Waals surface area contributed by atoms with Gasteiger partial charge in [0.2, 0.25) is 0 Å². The lowest BCUT2D eigenvalue weighted by Crippen LogP contribution is -2.49. The van der Waals surface area contributed by atoms with Gasteiger partial charge < -0.3 is 9.91 Å². The van der Waals surface area contributed by atoms with Gasteiger partial charge in [-0.05, 0) is 13.1 Å². The number of nitro benzene ring substituents is 1. The third-order valence-electron chi connectivity index (χ3n) is 3.52. The van der Waals surface area contributed by atoms with Gasteiger partial charge in [0.1, 0.15) is 6.33 Å². The standard InChI is InChI=1S/C12H15N5O2/c1-14-5-7-15(8-6-14)16-9-13-12-10(16)3-2-4-11(12)17(18)19/h2-4,9H,5-8H2,1H3. The summed E-state index contributed by atoms with van der Waals surface area (Å²) < 4.78 is 1.93. The second-order valence-corrected chi connectivity index (χ2v) is 4.75. The minimum absolute atomic E-state index is 0.0605. The first-order chi connectivity index (χ1) is 9.16. The normalized spacial score (nSPS) is 17.0. The zero-order valence-corrected chi connectivity index (χ0v) is 10.7. The molecule has 0 N–H and O–H groups in total. The Morgan fingerprint density at radius 3 is 2.68 bits per heavy atom. The highest BCUT2D eigenvalue weighted by Crippen LogP contribution is 2.24. The minimum atomic E-state index is -0.385. The number of benzene rings is 1. The molecule has 1 aliphatic rings. The molecule has 2 aromatic rings. The van der Waals surface area contributed by atoms with Gasteiger partial charge in [-0.1, -0.05) is 6.07 Å². The van der Waals surface area contributed by atoms with Crippen molar-refractivity contribution in [1.29, 1.82) is 0 Å². The number of piperazine rings is 1. The summed E-state index contributed by atoms with van der Waals surface area (Å²) >= 11 is 0. The molecule has 1 aromatic carbocycles. The minimum Gasteiger partial charge on any atom is -0.309 e. The Balaban J connectivity index is 2.01. The van der Waals surface area contributed by atoms with Crippen molar-refractivity contribution in [3.05, 3.63) is 34.6 Å². The number of fused-ring (bicyclic) bond motifs is 1. The molecule has 0 radical (unpaired) electrons. The molecular weight excluding hydrogens is 246 g/mol. The van der Waals surface area contributed by atoms with Crippen LogP contribution in [0.2, 0.25) is 0 Å². The molecule has 7 nitrogen and oxygen atoms in total. The van der Waals surface area contributed by atoms with Gasteiger partial charge in [-0.15, -0.1) is 0 Å². The van der Waals surface area contributed by atoms with Crippen molar-refractivity contribution >= 4 is 16.7 Å². The van der Waals surface area contributed by atoms with E-state index >= 15 is 0 Å². The Bertz CT molecular complexity index is 616. The molecule has 2 heterocycles. The molecule has 7 heteroatoms. The Morgan fingerprint density at radius 2 is 2.00 bits per heavy atom. The summed E-state index contributed by atoms with van der Waals surface area (Å²) in [5, 5.41) is 13.1. The number of rotatable bonds is 2. The molecule has 1 saturated heterocycles. The number of non-ortho nitro benzene ring substituents is 1. The topological polar surface area (TPSA) is 67.4 Å². The van der Waals surface area contributed by atoms with Crippen molar-refractivity contribution in [3.8, 4) is 0 Å². The van der Waals surface area contributed by atoms with Crippen LogP contribution in [-0.4, -0.2) is 52.7 Å². The third kappa shape index (κ3) is 2.01. The molecule has 3 rings (SSSR count). The monoisotopic (exact) mass is 261 g/mol. The van der Waals surface area contributed by atoms with Crippen LogP contribution in [0.3, 0.4) is 0 Å². The van der Waals surface area contributed by atoms with Crippen LogP contribution >= 0.6 is 0 Å². The van der Waals surface area contributed by atoms with Crippen molar-refractivity contribution in [2.45, 2.75) is 0 Å². The Hall–Kier alpha value is -2.15. The number of aromatic nitrogens is 2. The van der Waals surface area contributed by atoms with Crippen LogP contribution in [0.5, 0.6) is 0 Å². The van der Waals surface area contributed by atoms with Crippen molar-refractivity contribution in [2.24, 2.45) is 0 Å². The summed E-state index contributed by atoms with van der Waals surface area (Å²) in [7, 11) is 2.09. The molecule has 0 spiro atoms. The van der Waals surface area contributed by atoms with E-state index in [4.69, 9.17) is 0 Å². The maximum absolute atomic E-state index is 11.0. The number of nitro groups is 1. The van der Waals surface area contributed by atoms with Crippen LogP contribution in [-0.2, 0) is 0 Å². The molecule has 0 aliphatic carbocycles. The van der Waals surface area contributed by atoms with E-state index in [9.17, 15) is 10.1 Å². The second kappa shape index (κ2) is 4.51. The van der Waals surface area contributed by atoms with Crippen molar-refractivity contribution in [2.75, 3.05) is 38.2 Å². The van der Waals surface area contributed by atoms with Crippen molar-refractivity contribution in [1.82, 2.24) is 14.6 Å². The molecule has 0 unspecified atom stereocenters. The highest BCUT2D eigenvalue weighted by Gasteiger charge is 2.20. The van der Waals surface area contributed by atoms with Crippen molar-refractivity contribution in [3.63, 3.8) is 0 Å². The predicted molar refractivity (Wildman–Crippen MR) is 71.8 cm³/mol. The molecular formula is C12H15N5O2. The van der Waals surface area contributed by atoms with E-state index in [2.05, 4.69) is 21.9 Å². The number of hydrogen-bond acceptors (Lipinski definition) is 5. The fourth-order valence-corrected chi connectivity index (χ4v) is 2.40. The summed E-state index contributed by atoms with van der Waals surface area (Å²) in [5.41, 5.74) is 1.30. The zero-order valence-electron chi connectivity index (χ0n) is 10.7. The summed E-state index contributed by atoms with van der Waals surface area (Å²) in [4.78, 5) is 17.1. The Labute approximate surface area is 110 Å². The van der Waals surface area contributed by atoms with Crippen LogP contribution in [0.1, 0.15) is 0 Å². The molecule has 1 fully saturated rings. The molecule has 0 saturated carbocycles.